The van der Waals surface area contributed by atoms with Gasteiger partial charge in [-0.25, -0.2) is 4.98 Å². The largest absolute Gasteiger partial charge is 0.481 e. The predicted molar refractivity (Wildman–Crippen MR) is 120 cm³/mol. The van der Waals surface area contributed by atoms with E-state index in [1.165, 1.54) is 0 Å². The summed E-state index contributed by atoms with van der Waals surface area (Å²) in [6.07, 6.45) is 1.91. The maximum atomic E-state index is 12.5. The van der Waals surface area contributed by atoms with Crippen molar-refractivity contribution in [2.45, 2.75) is 25.8 Å². The smallest absolute Gasteiger partial charge is 0.305 e. The molecule has 1 heterocycles. The van der Waals surface area contributed by atoms with Crippen molar-refractivity contribution in [2.24, 2.45) is 0 Å². The van der Waals surface area contributed by atoms with Crippen LogP contribution < -0.4 is 5.32 Å². The van der Waals surface area contributed by atoms with Crippen molar-refractivity contribution in [1.82, 2.24) is 9.55 Å². The quantitative estimate of drug-likeness (QED) is 0.464. The van der Waals surface area contributed by atoms with Crippen LogP contribution in [0, 0.1) is 6.92 Å². The fraction of sp³-hybridized carbons (Fsp3) is 0.160. The molecule has 2 N–H and O–H groups in total. The molecule has 1 amide bonds. The molecular formula is C25H23N3O3. The lowest BCUT2D eigenvalue weighted by Gasteiger charge is -2.18. The molecule has 0 saturated carbocycles. The van der Waals surface area contributed by atoms with E-state index in [1.54, 1.807) is 6.33 Å². The molecule has 1 unspecified atom stereocenters. The Morgan fingerprint density at radius 3 is 2.52 bits per heavy atom. The Hall–Kier alpha value is -3.93. The van der Waals surface area contributed by atoms with Crippen LogP contribution >= 0.6 is 0 Å². The van der Waals surface area contributed by atoms with Crippen molar-refractivity contribution in [3.63, 3.8) is 0 Å². The molecule has 1 atom stereocenters. The normalized spacial score (nSPS) is 11.9. The van der Waals surface area contributed by atoms with Gasteiger partial charge in [0.05, 0.1) is 36.2 Å². The fourth-order valence-corrected chi connectivity index (χ4v) is 3.76. The van der Waals surface area contributed by atoms with E-state index in [0.717, 1.165) is 22.2 Å². The van der Waals surface area contributed by atoms with Gasteiger partial charge in [-0.3, -0.25) is 9.59 Å². The van der Waals surface area contributed by atoms with Crippen molar-refractivity contribution in [3.05, 3.63) is 95.8 Å². The summed E-state index contributed by atoms with van der Waals surface area (Å²) in [7, 11) is 0. The number of nitrogens with one attached hydrogen (secondary N) is 1. The van der Waals surface area contributed by atoms with E-state index in [4.69, 9.17) is 0 Å². The highest BCUT2D eigenvalue weighted by Gasteiger charge is 2.20. The molecule has 4 rings (SSSR count). The van der Waals surface area contributed by atoms with Crippen molar-refractivity contribution in [3.8, 4) is 0 Å². The Bertz CT molecular complexity index is 1230. The number of fused-ring (bicyclic) bond motifs is 1. The summed E-state index contributed by atoms with van der Waals surface area (Å²) in [6.45, 7) is 1.99. The molecule has 0 aliphatic carbocycles. The molecule has 0 aliphatic rings. The second-order valence-corrected chi connectivity index (χ2v) is 7.53. The molecule has 31 heavy (non-hydrogen) atoms. The highest BCUT2D eigenvalue weighted by molar-refractivity contribution is 5.94. The number of hydrogen-bond acceptors (Lipinski definition) is 3. The average molecular weight is 413 g/mol. The summed E-state index contributed by atoms with van der Waals surface area (Å²) in [4.78, 5) is 28.4. The number of aryl methyl sites for hydroxylation is 1. The van der Waals surface area contributed by atoms with Crippen LogP contribution in [0.15, 0.2) is 79.1 Å². The molecule has 0 saturated heterocycles. The van der Waals surface area contributed by atoms with Crippen LogP contribution in [0.4, 0.5) is 5.69 Å². The number of amides is 1. The van der Waals surface area contributed by atoms with Crippen LogP contribution in [0.5, 0.6) is 0 Å². The van der Waals surface area contributed by atoms with Gasteiger partial charge in [0, 0.05) is 5.69 Å². The highest BCUT2D eigenvalue weighted by atomic mass is 16.4. The Morgan fingerprint density at radius 1 is 1.03 bits per heavy atom. The number of carbonyl (C=O) groups is 2. The van der Waals surface area contributed by atoms with Crippen LogP contribution in [0.2, 0.25) is 0 Å². The lowest BCUT2D eigenvalue weighted by atomic mass is 10.0. The molecular weight excluding hydrogens is 390 g/mol. The standard InChI is InChI=1S/C25H23N3O3/c1-17-7-5-6-10-19(17)13-24(29)27-20-11-12-22-21(14-20)26-16-28(22)23(15-25(30)31)18-8-3-2-4-9-18/h2-12,14,16,23H,13,15H2,1H3,(H,27,29)(H,30,31). The Kier molecular flexibility index (Phi) is 5.80. The first-order valence-corrected chi connectivity index (χ1v) is 10.1. The molecule has 0 spiro atoms. The maximum absolute atomic E-state index is 12.5. The third-order valence-electron chi connectivity index (χ3n) is 5.36. The SMILES string of the molecule is Cc1ccccc1CC(=O)Nc1ccc2c(c1)ncn2C(CC(=O)O)c1ccccc1. The zero-order chi connectivity index (χ0) is 21.8. The summed E-state index contributed by atoms with van der Waals surface area (Å²) in [6, 6.07) is 22.5. The van der Waals surface area contributed by atoms with Crippen LogP contribution in [0.25, 0.3) is 11.0 Å². The molecule has 0 aliphatic heterocycles. The number of imidazole rings is 1. The zero-order valence-corrected chi connectivity index (χ0v) is 17.2. The van der Waals surface area contributed by atoms with Gasteiger partial charge in [-0.1, -0.05) is 54.6 Å². The third-order valence-corrected chi connectivity index (χ3v) is 5.36. The second-order valence-electron chi connectivity index (χ2n) is 7.53. The van der Waals surface area contributed by atoms with E-state index in [1.807, 2.05) is 84.3 Å². The van der Waals surface area contributed by atoms with E-state index >= 15 is 0 Å². The van der Waals surface area contributed by atoms with Gasteiger partial charge in [0.15, 0.2) is 0 Å². The lowest BCUT2D eigenvalue weighted by molar-refractivity contribution is -0.137. The summed E-state index contributed by atoms with van der Waals surface area (Å²) in [5.41, 5.74) is 5.14. The number of aliphatic carboxylic acids is 1. The number of aromatic nitrogens is 2. The van der Waals surface area contributed by atoms with Crippen molar-refractivity contribution >= 4 is 28.6 Å². The van der Waals surface area contributed by atoms with E-state index in [0.29, 0.717) is 17.6 Å². The first-order valence-electron chi connectivity index (χ1n) is 10.1. The van der Waals surface area contributed by atoms with Crippen molar-refractivity contribution < 1.29 is 14.7 Å². The van der Waals surface area contributed by atoms with E-state index in [9.17, 15) is 14.7 Å². The van der Waals surface area contributed by atoms with E-state index < -0.39 is 5.97 Å². The first-order chi connectivity index (χ1) is 15.0. The number of carbonyl (C=O) groups excluding carboxylic acids is 1. The Labute approximate surface area is 180 Å². The number of nitrogens with zero attached hydrogens (tertiary/aromatic N) is 2. The zero-order valence-electron chi connectivity index (χ0n) is 17.2. The van der Waals surface area contributed by atoms with Gasteiger partial charge in [0.25, 0.3) is 0 Å². The van der Waals surface area contributed by atoms with Crippen LogP contribution in [-0.2, 0) is 16.0 Å². The van der Waals surface area contributed by atoms with Crippen LogP contribution in [-0.4, -0.2) is 26.5 Å². The molecule has 6 nitrogen and oxygen atoms in total. The fourth-order valence-electron chi connectivity index (χ4n) is 3.76. The van der Waals surface area contributed by atoms with Gasteiger partial charge in [-0.05, 0) is 41.8 Å². The number of carboxylic acid groups (broad SMARTS) is 1. The van der Waals surface area contributed by atoms with Gasteiger partial charge < -0.3 is 15.0 Å². The highest BCUT2D eigenvalue weighted by Crippen LogP contribution is 2.28. The lowest BCUT2D eigenvalue weighted by Crippen LogP contribution is -2.15. The monoisotopic (exact) mass is 413 g/mol. The van der Waals surface area contributed by atoms with Gasteiger partial charge >= 0.3 is 5.97 Å². The number of anilines is 1. The van der Waals surface area contributed by atoms with Gasteiger partial charge in [0.2, 0.25) is 5.91 Å². The Morgan fingerprint density at radius 2 is 1.77 bits per heavy atom. The molecule has 6 heteroatoms. The summed E-state index contributed by atoms with van der Waals surface area (Å²) >= 11 is 0. The summed E-state index contributed by atoms with van der Waals surface area (Å²) < 4.78 is 1.87. The minimum Gasteiger partial charge on any atom is -0.481 e. The molecule has 0 fully saturated rings. The molecule has 3 aromatic carbocycles. The molecule has 1 aromatic heterocycles. The number of benzene rings is 3. The third kappa shape index (κ3) is 4.64. The van der Waals surface area contributed by atoms with Gasteiger partial charge in [0.1, 0.15) is 0 Å². The number of rotatable bonds is 7. The van der Waals surface area contributed by atoms with Crippen molar-refractivity contribution in [2.75, 3.05) is 5.32 Å². The van der Waals surface area contributed by atoms with Crippen LogP contribution in [0.3, 0.4) is 0 Å². The van der Waals surface area contributed by atoms with E-state index in [2.05, 4.69) is 10.3 Å². The summed E-state index contributed by atoms with van der Waals surface area (Å²) in [5, 5.41) is 12.3. The maximum Gasteiger partial charge on any atom is 0.305 e. The van der Waals surface area contributed by atoms with Crippen molar-refractivity contribution in [1.29, 1.82) is 0 Å². The van der Waals surface area contributed by atoms with Crippen LogP contribution in [0.1, 0.15) is 29.2 Å². The van der Waals surface area contributed by atoms with Gasteiger partial charge in [-0.2, -0.15) is 0 Å². The summed E-state index contributed by atoms with van der Waals surface area (Å²) in [5.74, 6) is -0.975. The van der Waals surface area contributed by atoms with Gasteiger partial charge in [-0.15, -0.1) is 0 Å². The molecule has 4 aromatic rings. The molecule has 156 valence electrons. The second kappa shape index (κ2) is 8.83. The van der Waals surface area contributed by atoms with E-state index in [-0.39, 0.29) is 18.4 Å². The molecule has 0 bridgehead atoms. The number of carboxylic acids is 1. The minimum absolute atomic E-state index is 0.0512. The minimum atomic E-state index is -0.879. The average Bonchev–Trinajstić information content (AvgIpc) is 3.17. The number of hydrogen-bond donors (Lipinski definition) is 2. The first kappa shape index (κ1) is 20.3. The topological polar surface area (TPSA) is 84.2 Å². The predicted octanol–water partition coefficient (Wildman–Crippen LogP) is 4.59. The molecule has 0 radical (unpaired) electrons. The Balaban J connectivity index is 1.58.